The van der Waals surface area contributed by atoms with Crippen LogP contribution in [0.15, 0.2) is 112 Å². The number of carbonyl (C=O) groups is 2. The Kier molecular flexibility index (Phi) is 11.0. The van der Waals surface area contributed by atoms with E-state index in [1.807, 2.05) is 61.5 Å². The predicted molar refractivity (Wildman–Crippen MR) is 174 cm³/mol. The molecule has 1 atom stereocenters. The van der Waals surface area contributed by atoms with Crippen molar-refractivity contribution in [3.63, 3.8) is 0 Å². The Balaban J connectivity index is 1.81. The van der Waals surface area contributed by atoms with Crippen molar-refractivity contribution in [2.45, 2.75) is 37.8 Å². The van der Waals surface area contributed by atoms with Crippen molar-refractivity contribution in [3.05, 3.63) is 129 Å². The highest BCUT2D eigenvalue weighted by Crippen LogP contribution is 2.31. The maximum absolute atomic E-state index is 14.4. The van der Waals surface area contributed by atoms with Gasteiger partial charge in [0.2, 0.25) is 11.8 Å². The number of hydrogen-bond donors (Lipinski definition) is 1. The highest BCUT2D eigenvalue weighted by Gasteiger charge is 2.35. The first-order chi connectivity index (χ1) is 20.6. The maximum atomic E-state index is 14.4. The van der Waals surface area contributed by atoms with E-state index in [0.717, 1.165) is 19.9 Å². The zero-order valence-corrected chi connectivity index (χ0v) is 27.1. The number of nitrogens with zero attached hydrogens (tertiary/aromatic N) is 2. The van der Waals surface area contributed by atoms with Gasteiger partial charge in [0.15, 0.2) is 0 Å². The van der Waals surface area contributed by atoms with Crippen LogP contribution >= 0.6 is 27.5 Å². The number of amides is 2. The van der Waals surface area contributed by atoms with Gasteiger partial charge in [-0.05, 0) is 66.9 Å². The highest BCUT2D eigenvalue weighted by atomic mass is 79.9. The van der Waals surface area contributed by atoms with Crippen molar-refractivity contribution in [2.24, 2.45) is 0 Å². The second-order valence-corrected chi connectivity index (χ2v) is 13.1. The van der Waals surface area contributed by atoms with Crippen molar-refractivity contribution in [1.29, 1.82) is 0 Å². The Morgan fingerprint density at radius 1 is 0.860 bits per heavy atom. The first kappa shape index (κ1) is 32.3. The van der Waals surface area contributed by atoms with Gasteiger partial charge in [0.25, 0.3) is 10.0 Å². The molecule has 2 amide bonds. The summed E-state index contributed by atoms with van der Waals surface area (Å²) in [7, 11) is -4.20. The van der Waals surface area contributed by atoms with Crippen LogP contribution in [0.5, 0.6) is 0 Å². The lowest BCUT2D eigenvalue weighted by atomic mass is 10.0. The highest BCUT2D eigenvalue weighted by molar-refractivity contribution is 9.10. The Morgan fingerprint density at radius 3 is 2.12 bits per heavy atom. The molecule has 0 bridgehead atoms. The maximum Gasteiger partial charge on any atom is 0.264 e. The van der Waals surface area contributed by atoms with Gasteiger partial charge in [-0.3, -0.25) is 13.9 Å². The zero-order chi connectivity index (χ0) is 31.0. The minimum Gasteiger partial charge on any atom is -0.355 e. The van der Waals surface area contributed by atoms with Crippen LogP contribution in [0, 0.1) is 6.92 Å². The molecule has 10 heteroatoms. The van der Waals surface area contributed by atoms with Crippen molar-refractivity contribution in [2.75, 3.05) is 17.4 Å². The van der Waals surface area contributed by atoms with Crippen LogP contribution in [-0.2, 0) is 32.6 Å². The summed E-state index contributed by atoms with van der Waals surface area (Å²) >= 11 is 9.86. The van der Waals surface area contributed by atoms with E-state index in [1.165, 1.54) is 17.0 Å². The van der Waals surface area contributed by atoms with E-state index in [1.54, 1.807) is 43.3 Å². The number of rotatable bonds is 12. The van der Waals surface area contributed by atoms with Gasteiger partial charge in [-0.15, -0.1) is 0 Å². The lowest BCUT2D eigenvalue weighted by molar-refractivity contribution is -0.140. The van der Waals surface area contributed by atoms with E-state index in [2.05, 4.69) is 21.2 Å². The van der Waals surface area contributed by atoms with Crippen LogP contribution in [0.2, 0.25) is 5.02 Å². The molecule has 0 radical (unpaired) electrons. The lowest BCUT2D eigenvalue weighted by Gasteiger charge is -2.34. The molecule has 0 heterocycles. The second-order valence-electron chi connectivity index (χ2n) is 9.96. The molecule has 0 unspecified atom stereocenters. The molecular weight excluding hydrogens is 650 g/mol. The second kappa shape index (κ2) is 14.7. The number of nitrogens with one attached hydrogen (secondary N) is 1. The largest absolute Gasteiger partial charge is 0.355 e. The van der Waals surface area contributed by atoms with Gasteiger partial charge in [-0.25, -0.2) is 8.42 Å². The number of hydrogen-bond acceptors (Lipinski definition) is 4. The van der Waals surface area contributed by atoms with Gasteiger partial charge in [-0.1, -0.05) is 94.3 Å². The molecule has 0 aliphatic rings. The number of halogens is 2. The first-order valence-electron chi connectivity index (χ1n) is 13.8. The Bertz CT molecular complexity index is 1650. The van der Waals surface area contributed by atoms with Crippen LogP contribution in [-0.4, -0.2) is 44.3 Å². The standard InChI is InChI=1S/C33H33BrClN3O4S/c1-3-36-33(40)31(21-25-11-6-4-7-12-25)37(22-26-17-19-27(34)20-18-26)32(39)23-38(30-16-10-15-29(35)24(30)2)43(41,42)28-13-8-5-9-14-28/h4-20,31H,3,21-23H2,1-2H3,(H,36,40)/t31-/m0/s1. The molecule has 7 nitrogen and oxygen atoms in total. The predicted octanol–water partition coefficient (Wildman–Crippen LogP) is 6.38. The molecular formula is C33H33BrClN3O4S. The number of benzene rings is 4. The molecule has 0 spiro atoms. The van der Waals surface area contributed by atoms with Crippen molar-refractivity contribution >= 4 is 55.1 Å². The average molecular weight is 683 g/mol. The molecule has 0 aromatic heterocycles. The topological polar surface area (TPSA) is 86.8 Å². The third-order valence-corrected chi connectivity index (χ3v) is 9.72. The number of anilines is 1. The molecule has 0 saturated carbocycles. The quantitative estimate of drug-likeness (QED) is 0.188. The molecule has 0 saturated heterocycles. The minimum atomic E-state index is -4.20. The SMILES string of the molecule is CCNC(=O)[C@H](Cc1ccccc1)N(Cc1ccc(Br)cc1)C(=O)CN(c1cccc(Cl)c1C)S(=O)(=O)c1ccccc1. The Labute approximate surface area is 266 Å². The number of sulfonamides is 1. The van der Waals surface area contributed by atoms with Crippen molar-refractivity contribution in [3.8, 4) is 0 Å². The molecule has 0 aliphatic carbocycles. The van der Waals surface area contributed by atoms with Gasteiger partial charge in [0, 0.05) is 29.0 Å². The van der Waals surface area contributed by atoms with E-state index in [9.17, 15) is 18.0 Å². The van der Waals surface area contributed by atoms with Crippen molar-refractivity contribution in [1.82, 2.24) is 10.2 Å². The van der Waals surface area contributed by atoms with Crippen LogP contribution in [0.1, 0.15) is 23.6 Å². The van der Waals surface area contributed by atoms with Gasteiger partial charge in [0.1, 0.15) is 12.6 Å². The summed E-state index contributed by atoms with van der Waals surface area (Å²) in [5.74, 6) is -0.859. The summed E-state index contributed by atoms with van der Waals surface area (Å²) in [6.45, 7) is 3.45. The molecule has 224 valence electrons. The molecule has 1 N–H and O–H groups in total. The first-order valence-corrected chi connectivity index (χ1v) is 16.4. The van der Waals surface area contributed by atoms with Gasteiger partial charge in [-0.2, -0.15) is 0 Å². The smallest absolute Gasteiger partial charge is 0.264 e. The zero-order valence-electron chi connectivity index (χ0n) is 23.9. The summed E-state index contributed by atoms with van der Waals surface area (Å²) < 4.78 is 30.1. The third-order valence-electron chi connectivity index (χ3n) is 7.01. The normalized spacial score (nSPS) is 11.9. The molecule has 4 rings (SSSR count). The molecule has 4 aromatic rings. The van der Waals surface area contributed by atoms with Crippen LogP contribution in [0.3, 0.4) is 0 Å². The molecule has 43 heavy (non-hydrogen) atoms. The van der Waals surface area contributed by atoms with Crippen LogP contribution < -0.4 is 9.62 Å². The fourth-order valence-electron chi connectivity index (χ4n) is 4.73. The fraction of sp³-hybridized carbons (Fsp3) is 0.212. The fourth-order valence-corrected chi connectivity index (χ4v) is 6.66. The Hall–Kier alpha value is -3.66. The average Bonchev–Trinajstić information content (AvgIpc) is 3.01. The summed E-state index contributed by atoms with van der Waals surface area (Å²) in [6, 6.07) is 28.9. The number of carbonyl (C=O) groups excluding carboxylic acids is 2. The van der Waals surface area contributed by atoms with E-state index >= 15 is 0 Å². The summed E-state index contributed by atoms with van der Waals surface area (Å²) in [5, 5.41) is 3.23. The monoisotopic (exact) mass is 681 g/mol. The van der Waals surface area contributed by atoms with Gasteiger partial charge >= 0.3 is 0 Å². The Morgan fingerprint density at radius 2 is 1.49 bits per heavy atom. The molecule has 0 aliphatic heterocycles. The van der Waals surface area contributed by atoms with Gasteiger partial charge < -0.3 is 10.2 Å². The molecule has 0 fully saturated rings. The molecule has 4 aromatic carbocycles. The van der Waals surface area contributed by atoms with Crippen LogP contribution in [0.25, 0.3) is 0 Å². The van der Waals surface area contributed by atoms with Gasteiger partial charge in [0.05, 0.1) is 10.6 Å². The van der Waals surface area contributed by atoms with Crippen LogP contribution in [0.4, 0.5) is 5.69 Å². The third kappa shape index (κ3) is 8.04. The summed E-state index contributed by atoms with van der Waals surface area (Å²) in [4.78, 5) is 29.5. The summed E-state index contributed by atoms with van der Waals surface area (Å²) in [5.41, 5.74) is 2.45. The van der Waals surface area contributed by atoms with E-state index in [4.69, 9.17) is 11.6 Å². The minimum absolute atomic E-state index is 0.0335. The van der Waals surface area contributed by atoms with E-state index in [-0.39, 0.29) is 29.5 Å². The van der Waals surface area contributed by atoms with E-state index in [0.29, 0.717) is 17.1 Å². The summed E-state index contributed by atoms with van der Waals surface area (Å²) in [6.07, 6.45) is 0.247. The van der Waals surface area contributed by atoms with E-state index < -0.39 is 28.5 Å². The lowest BCUT2D eigenvalue weighted by Crippen LogP contribution is -2.53. The van der Waals surface area contributed by atoms with Crippen molar-refractivity contribution < 1.29 is 18.0 Å². The number of likely N-dealkylation sites (N-methyl/N-ethyl adjacent to an activating group) is 1.